The standard InChI is InChI=1S/C112H86N4/c1-109(2)93-19-15-13-17-77(93)78-35-21-70(56-94(78)109)64-29-43-103-87(50-64)88-51-65(30-44-104(88)114(103)10)73-24-38-81-82-39-25-74(60-98(82)111(5,6)97(81)59-73)68-33-47-107-91(54-68)92-55-69(34-48-108(92)116(107)12)76-27-41-84-83-40-26-75(61-99(83)112(7,8)100(84)62-76)67-32-46-106-90(53-67)89-52-66(31-45-105(89)115(106)11)72-23-37-80-79-36-22-71(57-95(79)110(3,4)96(80)58-72)63-28-42-102-86(49-63)85-18-14-16-20-101(85)113(102)9/h13-62H,1-12H3. The van der Waals surface area contributed by atoms with E-state index in [1.807, 2.05) is 0 Å². The Morgan fingerprint density at radius 3 is 0.552 bits per heavy atom. The molecule has 0 amide bonds. The van der Waals surface area contributed by atoms with Gasteiger partial charge in [0.2, 0.25) is 0 Å². The van der Waals surface area contributed by atoms with Gasteiger partial charge in [0.1, 0.15) is 0 Å². The Hall–Kier alpha value is -13.3. The molecule has 0 unspecified atom stereocenters. The number of rotatable bonds is 7. The minimum absolute atomic E-state index is 0.0537. The van der Waals surface area contributed by atoms with Crippen molar-refractivity contribution in [1.29, 1.82) is 0 Å². The van der Waals surface area contributed by atoms with Crippen molar-refractivity contribution in [2.45, 2.75) is 77.0 Å². The largest absolute Gasteiger partial charge is 0.344 e. The average molecular weight is 1490 g/mol. The molecule has 4 aliphatic rings. The van der Waals surface area contributed by atoms with Crippen LogP contribution in [0.15, 0.2) is 303 Å². The zero-order valence-electron chi connectivity index (χ0n) is 67.7. The highest BCUT2D eigenvalue weighted by Gasteiger charge is 2.41. The van der Waals surface area contributed by atoms with E-state index in [2.05, 4.69) is 405 Å². The number of para-hydroxylation sites is 1. The molecular weight excluding hydrogens is 1400 g/mol. The fourth-order valence-electron chi connectivity index (χ4n) is 22.3. The maximum atomic E-state index is 2.49. The number of aryl methyl sites for hydroxylation is 4. The van der Waals surface area contributed by atoms with Crippen molar-refractivity contribution in [2.24, 2.45) is 28.2 Å². The lowest BCUT2D eigenvalue weighted by molar-refractivity contribution is 0.660. The Morgan fingerprint density at radius 1 is 0.147 bits per heavy atom. The summed E-state index contributed by atoms with van der Waals surface area (Å²) in [6.45, 7) is 19.2. The molecule has 0 spiro atoms. The molecule has 554 valence electrons. The topological polar surface area (TPSA) is 19.7 Å². The van der Waals surface area contributed by atoms with E-state index >= 15 is 0 Å². The third kappa shape index (κ3) is 9.16. The van der Waals surface area contributed by atoms with E-state index in [1.165, 1.54) is 254 Å². The Labute approximate surface area is 676 Å². The van der Waals surface area contributed by atoms with E-state index in [9.17, 15) is 0 Å². The molecule has 116 heavy (non-hydrogen) atoms. The van der Waals surface area contributed by atoms with Gasteiger partial charge in [0, 0.05) is 137 Å². The molecule has 4 nitrogen and oxygen atoms in total. The summed E-state index contributed by atoms with van der Waals surface area (Å²) in [5, 5.41) is 10.3. The number of nitrogens with zero attached hydrogens (tertiary/aromatic N) is 4. The van der Waals surface area contributed by atoms with E-state index in [-0.39, 0.29) is 21.7 Å². The first-order valence-electron chi connectivity index (χ1n) is 41.3. The smallest absolute Gasteiger partial charge is 0.0489 e. The van der Waals surface area contributed by atoms with Crippen molar-refractivity contribution in [2.75, 3.05) is 0 Å². The van der Waals surface area contributed by atoms with Crippen LogP contribution < -0.4 is 0 Å². The second-order valence-corrected chi connectivity index (χ2v) is 36.2. The van der Waals surface area contributed by atoms with Crippen LogP contribution in [0.4, 0.5) is 0 Å². The summed E-state index contributed by atoms with van der Waals surface area (Å²) < 4.78 is 9.41. The van der Waals surface area contributed by atoms with Crippen LogP contribution >= 0.6 is 0 Å². The van der Waals surface area contributed by atoms with Crippen LogP contribution in [-0.2, 0) is 49.9 Å². The summed E-state index contributed by atoms with van der Waals surface area (Å²) in [6.07, 6.45) is 0. The summed E-state index contributed by atoms with van der Waals surface area (Å²) in [7, 11) is 8.82. The molecule has 4 aromatic heterocycles. The Balaban J connectivity index is 0.501. The zero-order chi connectivity index (χ0) is 78.2. The number of hydrogen-bond donors (Lipinski definition) is 0. The molecule has 0 fully saturated rings. The molecular formula is C112H86N4. The summed E-state index contributed by atoms with van der Waals surface area (Å²) in [5.41, 5.74) is 48.4. The van der Waals surface area contributed by atoms with Crippen molar-refractivity contribution in [3.8, 4) is 122 Å². The van der Waals surface area contributed by atoms with Gasteiger partial charge in [-0.3, -0.25) is 0 Å². The van der Waals surface area contributed by atoms with Crippen molar-refractivity contribution >= 4 is 87.2 Å². The highest BCUT2D eigenvalue weighted by Crippen LogP contribution is 2.57. The van der Waals surface area contributed by atoms with Gasteiger partial charge >= 0.3 is 0 Å². The third-order valence-corrected chi connectivity index (χ3v) is 28.9. The first-order valence-corrected chi connectivity index (χ1v) is 41.3. The van der Waals surface area contributed by atoms with Crippen LogP contribution in [0.3, 0.4) is 0 Å². The van der Waals surface area contributed by atoms with Crippen molar-refractivity contribution in [1.82, 2.24) is 18.3 Å². The van der Waals surface area contributed by atoms with Crippen LogP contribution in [0, 0.1) is 0 Å². The van der Waals surface area contributed by atoms with Crippen molar-refractivity contribution in [3.63, 3.8) is 0 Å². The Bertz CT molecular complexity index is 7860. The first kappa shape index (κ1) is 67.2. The van der Waals surface area contributed by atoms with Gasteiger partial charge in [-0.2, -0.15) is 0 Å². The molecule has 0 aliphatic heterocycles. The summed E-state index contributed by atoms with van der Waals surface area (Å²) >= 11 is 0. The van der Waals surface area contributed by atoms with Crippen LogP contribution in [0.2, 0.25) is 0 Å². The SMILES string of the molecule is Cn1c2ccccc2c2cc(-c3ccc4c(c3)C(C)(C)c3cc(-c5ccc6c(c5)c5cc(-c7ccc8c(c7)C(C)(C)c7cc(-c9ccc%10c(c9)c9cc(-c%11ccc%12c(c%11)C(C)(C)c%11cc(-c%13ccc%14c(c%13)c%13cc(-c%15ccc%16c(c%15)C(C)(C)c%15ccccc%15-%16)ccc%13n%14C)ccc%11-%12)ccc9n%10C)ccc7-8)ccc5n6C)ccc3-4)ccc21. The molecule has 0 radical (unpaired) electrons. The average Bonchev–Trinajstić information content (AvgIpc) is 1.57. The molecule has 0 bridgehead atoms. The predicted octanol–water partition coefficient (Wildman–Crippen LogP) is 29.2. The minimum Gasteiger partial charge on any atom is -0.344 e. The summed E-state index contributed by atoms with van der Waals surface area (Å²) in [6, 6.07) is 118. The van der Waals surface area contributed by atoms with Gasteiger partial charge in [0.05, 0.1) is 0 Å². The van der Waals surface area contributed by atoms with Crippen molar-refractivity contribution < 1.29 is 0 Å². The molecule has 0 atom stereocenters. The number of fused-ring (bicyclic) bond motifs is 24. The van der Waals surface area contributed by atoms with Gasteiger partial charge < -0.3 is 18.3 Å². The lowest BCUT2D eigenvalue weighted by Crippen LogP contribution is -2.15. The number of aromatic nitrogens is 4. The zero-order valence-corrected chi connectivity index (χ0v) is 67.7. The molecule has 4 aliphatic carbocycles. The molecule has 4 heteroatoms. The maximum Gasteiger partial charge on any atom is 0.0489 e. The molecule has 16 aromatic carbocycles. The highest BCUT2D eigenvalue weighted by atomic mass is 15.0. The molecule has 24 rings (SSSR count). The van der Waals surface area contributed by atoms with Gasteiger partial charge in [-0.1, -0.05) is 225 Å². The molecule has 0 saturated heterocycles. The Kier molecular flexibility index (Phi) is 13.5. The second-order valence-electron chi connectivity index (χ2n) is 36.2. The van der Waals surface area contributed by atoms with Gasteiger partial charge in [0.15, 0.2) is 0 Å². The van der Waals surface area contributed by atoms with E-state index in [0.29, 0.717) is 0 Å². The molecule has 0 saturated carbocycles. The molecule has 0 N–H and O–H groups in total. The van der Waals surface area contributed by atoms with Crippen LogP contribution in [0.25, 0.3) is 210 Å². The fourth-order valence-corrected chi connectivity index (χ4v) is 22.3. The molecule has 20 aromatic rings. The first-order chi connectivity index (χ1) is 56.1. The van der Waals surface area contributed by atoms with Crippen LogP contribution in [-0.4, -0.2) is 18.3 Å². The van der Waals surface area contributed by atoms with Crippen molar-refractivity contribution in [3.05, 3.63) is 348 Å². The van der Waals surface area contributed by atoms with E-state index in [4.69, 9.17) is 0 Å². The quantitative estimate of drug-likeness (QED) is 0.152. The fraction of sp³-hybridized carbons (Fsp3) is 0.143. The summed E-state index contributed by atoms with van der Waals surface area (Å²) in [4.78, 5) is 0. The number of hydrogen-bond acceptors (Lipinski definition) is 0. The third-order valence-electron chi connectivity index (χ3n) is 28.9. The minimum atomic E-state index is -0.224. The van der Waals surface area contributed by atoms with Crippen LogP contribution in [0.1, 0.15) is 99.9 Å². The molecule has 4 heterocycles. The summed E-state index contributed by atoms with van der Waals surface area (Å²) in [5.74, 6) is 0. The lowest BCUT2D eigenvalue weighted by Gasteiger charge is -2.23. The monoisotopic (exact) mass is 1490 g/mol. The Morgan fingerprint density at radius 2 is 0.310 bits per heavy atom. The van der Waals surface area contributed by atoms with Gasteiger partial charge in [-0.05, 0) is 300 Å². The number of benzene rings is 16. The van der Waals surface area contributed by atoms with Gasteiger partial charge in [-0.25, -0.2) is 0 Å². The van der Waals surface area contributed by atoms with E-state index in [1.54, 1.807) is 0 Å². The highest BCUT2D eigenvalue weighted by molar-refractivity contribution is 6.14. The lowest BCUT2D eigenvalue weighted by atomic mass is 9.80. The normalized spacial score (nSPS) is 14.8. The van der Waals surface area contributed by atoms with Crippen LogP contribution in [0.5, 0.6) is 0 Å². The van der Waals surface area contributed by atoms with E-state index in [0.717, 1.165) is 0 Å². The van der Waals surface area contributed by atoms with E-state index < -0.39 is 0 Å². The van der Waals surface area contributed by atoms with Gasteiger partial charge in [0.25, 0.3) is 0 Å². The predicted molar refractivity (Wildman–Crippen MR) is 491 cm³/mol. The van der Waals surface area contributed by atoms with Gasteiger partial charge in [-0.15, -0.1) is 0 Å². The second kappa shape index (κ2) is 23.2. The maximum absolute atomic E-state index is 2.49.